The van der Waals surface area contributed by atoms with Crippen molar-refractivity contribution in [2.24, 2.45) is 5.92 Å². The Bertz CT molecular complexity index is 922. The molecule has 0 saturated carbocycles. The Balaban J connectivity index is 1.89. The monoisotopic (exact) mass is 382 g/mol. The topological polar surface area (TPSA) is 105 Å². The van der Waals surface area contributed by atoms with Crippen LogP contribution >= 0.6 is 0 Å². The molecule has 146 valence electrons. The fraction of sp³-hybridized carbons (Fsp3) is 0.300. The van der Waals surface area contributed by atoms with Crippen LogP contribution in [0.15, 0.2) is 42.5 Å². The number of hydrogen-bond donors (Lipinski definition) is 2. The van der Waals surface area contributed by atoms with E-state index in [2.05, 4.69) is 10.6 Å². The lowest BCUT2D eigenvalue weighted by atomic mass is 9.96. The molecule has 0 bridgehead atoms. The minimum atomic E-state index is -0.516. The van der Waals surface area contributed by atoms with Gasteiger partial charge in [0.05, 0.1) is 10.5 Å². The maximum absolute atomic E-state index is 13.0. The summed E-state index contributed by atoms with van der Waals surface area (Å²) in [5, 5.41) is 17.4. The maximum atomic E-state index is 13.0. The molecule has 2 aromatic carbocycles. The lowest BCUT2D eigenvalue weighted by molar-refractivity contribution is -0.384. The van der Waals surface area contributed by atoms with Crippen LogP contribution in [-0.2, 0) is 0 Å². The van der Waals surface area contributed by atoms with Gasteiger partial charge in [-0.3, -0.25) is 19.7 Å². The molecule has 8 nitrogen and oxygen atoms in total. The molecule has 8 heteroatoms. The summed E-state index contributed by atoms with van der Waals surface area (Å²) in [5.41, 5.74) is 0.899. The van der Waals surface area contributed by atoms with Gasteiger partial charge in [0.25, 0.3) is 11.6 Å². The molecule has 0 unspecified atom stereocenters. The fourth-order valence-electron chi connectivity index (χ4n) is 3.05. The molecule has 0 aromatic heterocycles. The molecule has 1 aliphatic rings. The first kappa shape index (κ1) is 19.5. The molecule has 0 spiro atoms. The number of benzene rings is 2. The first-order chi connectivity index (χ1) is 13.4. The quantitative estimate of drug-likeness (QED) is 0.430. The highest BCUT2D eigenvalue weighted by molar-refractivity contribution is 6.15. The Hall–Kier alpha value is -3.26. The third kappa shape index (κ3) is 4.01. The second-order valence-corrected chi connectivity index (χ2v) is 6.96. The molecule has 1 amide bonds. The van der Waals surface area contributed by atoms with E-state index in [0.29, 0.717) is 18.2 Å². The van der Waals surface area contributed by atoms with E-state index in [0.717, 1.165) is 13.1 Å². The van der Waals surface area contributed by atoms with Crippen molar-refractivity contribution in [3.8, 4) is 0 Å². The van der Waals surface area contributed by atoms with E-state index in [1.807, 2.05) is 0 Å². The first-order valence-corrected chi connectivity index (χ1v) is 8.97. The van der Waals surface area contributed by atoms with Crippen LogP contribution in [0.25, 0.3) is 0 Å². The highest BCUT2D eigenvalue weighted by Crippen LogP contribution is 2.29. The molecule has 3 rings (SSSR count). The van der Waals surface area contributed by atoms with Crippen LogP contribution in [0.3, 0.4) is 0 Å². The number of amides is 1. The highest BCUT2D eigenvalue weighted by atomic mass is 16.6. The molecule has 1 heterocycles. The van der Waals surface area contributed by atoms with Crippen molar-refractivity contribution in [3.63, 3.8) is 0 Å². The molecule has 0 aliphatic carbocycles. The van der Waals surface area contributed by atoms with Gasteiger partial charge in [-0.25, -0.2) is 0 Å². The number of nitrogens with one attached hydrogen (secondary N) is 2. The van der Waals surface area contributed by atoms with Crippen LogP contribution in [0.4, 0.5) is 11.4 Å². The van der Waals surface area contributed by atoms with Crippen LogP contribution in [0.1, 0.15) is 26.3 Å². The van der Waals surface area contributed by atoms with Crippen LogP contribution in [-0.4, -0.2) is 50.3 Å². The van der Waals surface area contributed by atoms with Crippen molar-refractivity contribution in [1.29, 1.82) is 0 Å². The Kier molecular flexibility index (Phi) is 5.70. The fourth-order valence-corrected chi connectivity index (χ4v) is 3.05. The van der Waals surface area contributed by atoms with Gasteiger partial charge in [-0.2, -0.15) is 0 Å². The molecule has 2 N–H and O–H groups in total. The molecule has 1 fully saturated rings. The Morgan fingerprint density at radius 1 is 1.18 bits per heavy atom. The largest absolute Gasteiger partial charge is 0.372 e. The summed E-state index contributed by atoms with van der Waals surface area (Å²) in [6, 6.07) is 10.8. The van der Waals surface area contributed by atoms with Gasteiger partial charge in [-0.05, 0) is 18.2 Å². The molecule has 0 atom stereocenters. The molecule has 2 aromatic rings. The normalized spacial score (nSPS) is 13.5. The average Bonchev–Trinajstić information content (AvgIpc) is 2.65. The lowest BCUT2D eigenvalue weighted by Gasteiger charge is -2.27. The van der Waals surface area contributed by atoms with Gasteiger partial charge in [-0.15, -0.1) is 0 Å². The van der Waals surface area contributed by atoms with E-state index in [9.17, 15) is 19.7 Å². The average molecular weight is 382 g/mol. The summed E-state index contributed by atoms with van der Waals surface area (Å²) in [5.74, 6) is -0.354. The summed E-state index contributed by atoms with van der Waals surface area (Å²) < 4.78 is 0. The van der Waals surface area contributed by atoms with Crippen molar-refractivity contribution in [3.05, 3.63) is 69.3 Å². The molecule has 0 radical (unpaired) electrons. The summed E-state index contributed by atoms with van der Waals surface area (Å²) in [6.45, 7) is 2.27. The predicted octanol–water partition coefficient (Wildman–Crippen LogP) is 1.84. The number of anilines is 1. The second-order valence-electron chi connectivity index (χ2n) is 6.96. The Morgan fingerprint density at radius 3 is 2.43 bits per heavy atom. The van der Waals surface area contributed by atoms with Gasteiger partial charge in [-0.1, -0.05) is 18.2 Å². The Morgan fingerprint density at radius 2 is 1.86 bits per heavy atom. The summed E-state index contributed by atoms with van der Waals surface area (Å²) in [4.78, 5) is 38.1. The molecular formula is C20H22N4O4. The zero-order chi connectivity index (χ0) is 20.3. The molecule has 1 saturated heterocycles. The number of hydrogen-bond acceptors (Lipinski definition) is 6. The maximum Gasteiger partial charge on any atom is 0.293 e. The zero-order valence-electron chi connectivity index (χ0n) is 15.8. The number of ketones is 1. The zero-order valence-corrected chi connectivity index (χ0v) is 15.8. The number of rotatable bonds is 7. The first-order valence-electron chi connectivity index (χ1n) is 8.97. The van der Waals surface area contributed by atoms with Gasteiger partial charge in [0.2, 0.25) is 0 Å². The van der Waals surface area contributed by atoms with Crippen molar-refractivity contribution < 1.29 is 14.5 Å². The van der Waals surface area contributed by atoms with E-state index < -0.39 is 10.7 Å². The summed E-state index contributed by atoms with van der Waals surface area (Å²) >= 11 is 0. The van der Waals surface area contributed by atoms with Crippen molar-refractivity contribution in [2.75, 3.05) is 38.6 Å². The van der Waals surface area contributed by atoms with E-state index in [4.69, 9.17) is 0 Å². The number of nitrogens with zero attached hydrogens (tertiary/aromatic N) is 2. The predicted molar refractivity (Wildman–Crippen MR) is 106 cm³/mol. The van der Waals surface area contributed by atoms with Crippen molar-refractivity contribution in [2.45, 2.75) is 0 Å². The number of nitro groups is 1. The van der Waals surface area contributed by atoms with Gasteiger partial charge in [0.1, 0.15) is 5.69 Å². The minimum Gasteiger partial charge on any atom is -0.372 e. The summed E-state index contributed by atoms with van der Waals surface area (Å²) in [7, 11) is 3.39. The van der Waals surface area contributed by atoms with Crippen LogP contribution in [0.2, 0.25) is 0 Å². The van der Waals surface area contributed by atoms with Gasteiger partial charge in [0, 0.05) is 56.8 Å². The van der Waals surface area contributed by atoms with Crippen molar-refractivity contribution >= 4 is 23.1 Å². The standard InChI is InChI=1S/C20H22N4O4/c1-23(2)17-8-7-14(9-18(17)24(27)28)19(25)15-5-3-4-6-16(15)20(26)22-12-13-10-21-11-13/h3-9,13,21H,10-12H2,1-2H3,(H,22,26). The third-order valence-electron chi connectivity index (χ3n) is 4.75. The molecule has 28 heavy (non-hydrogen) atoms. The smallest absolute Gasteiger partial charge is 0.293 e. The third-order valence-corrected chi connectivity index (χ3v) is 4.75. The lowest BCUT2D eigenvalue weighted by Crippen LogP contribution is -2.48. The second kappa shape index (κ2) is 8.18. The van der Waals surface area contributed by atoms with Gasteiger partial charge in [0.15, 0.2) is 5.78 Å². The SMILES string of the molecule is CN(C)c1ccc(C(=O)c2ccccc2C(=O)NCC2CNC2)cc1[N+](=O)[O-]. The van der Waals surface area contributed by atoms with Crippen molar-refractivity contribution in [1.82, 2.24) is 10.6 Å². The number of nitro benzene ring substituents is 1. The summed E-state index contributed by atoms with van der Waals surface area (Å²) in [6.07, 6.45) is 0. The number of carbonyl (C=O) groups is 2. The molecule has 1 aliphatic heterocycles. The van der Waals surface area contributed by atoms with E-state index in [1.165, 1.54) is 12.1 Å². The van der Waals surface area contributed by atoms with E-state index in [1.54, 1.807) is 49.3 Å². The number of carbonyl (C=O) groups excluding carboxylic acids is 2. The van der Waals surface area contributed by atoms with Crippen LogP contribution in [0, 0.1) is 16.0 Å². The van der Waals surface area contributed by atoms with Crippen LogP contribution in [0.5, 0.6) is 0 Å². The Labute approximate surface area is 162 Å². The van der Waals surface area contributed by atoms with Gasteiger partial charge < -0.3 is 15.5 Å². The van der Waals surface area contributed by atoms with E-state index >= 15 is 0 Å². The van der Waals surface area contributed by atoms with Crippen LogP contribution < -0.4 is 15.5 Å². The van der Waals surface area contributed by atoms with E-state index in [-0.39, 0.29) is 28.3 Å². The molecular weight excluding hydrogens is 360 g/mol. The van der Waals surface area contributed by atoms with Gasteiger partial charge >= 0.3 is 0 Å². The highest BCUT2D eigenvalue weighted by Gasteiger charge is 2.23. The minimum absolute atomic E-state index is 0.157.